The van der Waals surface area contributed by atoms with Crippen molar-refractivity contribution >= 4 is 15.7 Å². The maximum absolute atomic E-state index is 13.6. The molecule has 1 heterocycles. The Bertz CT molecular complexity index is 949. The summed E-state index contributed by atoms with van der Waals surface area (Å²) in [6.45, 7) is 1.47. The molecule has 29 heavy (non-hydrogen) atoms. The van der Waals surface area contributed by atoms with Crippen LogP contribution in [0.15, 0.2) is 47.4 Å². The van der Waals surface area contributed by atoms with Crippen LogP contribution in [0.4, 0.5) is 5.69 Å². The fourth-order valence-electron chi connectivity index (χ4n) is 4.22. The molecule has 1 atom stereocenters. The van der Waals surface area contributed by atoms with Crippen molar-refractivity contribution in [1.29, 1.82) is 0 Å². The number of fused-ring (bicyclic) bond motifs is 1. The highest BCUT2D eigenvalue weighted by molar-refractivity contribution is 7.89. The summed E-state index contributed by atoms with van der Waals surface area (Å²) in [5, 5.41) is 0. The Morgan fingerprint density at radius 2 is 1.76 bits per heavy atom. The minimum Gasteiger partial charge on any atom is -0.378 e. The molecule has 156 valence electrons. The van der Waals surface area contributed by atoms with Gasteiger partial charge in [-0.05, 0) is 73.1 Å². The predicted molar refractivity (Wildman–Crippen MR) is 116 cm³/mol. The summed E-state index contributed by atoms with van der Waals surface area (Å²) in [7, 11) is 0.402. The van der Waals surface area contributed by atoms with Gasteiger partial charge in [0.1, 0.15) is 0 Å². The van der Waals surface area contributed by atoms with Gasteiger partial charge in [-0.25, -0.2) is 8.42 Å². The van der Waals surface area contributed by atoms with Crippen LogP contribution in [0.25, 0.3) is 0 Å². The van der Waals surface area contributed by atoms with E-state index in [0.29, 0.717) is 18.0 Å². The first-order valence-electron chi connectivity index (χ1n) is 10.4. The molecule has 4 rings (SSSR count). The van der Waals surface area contributed by atoms with E-state index in [1.165, 1.54) is 11.1 Å². The van der Waals surface area contributed by atoms with Crippen LogP contribution in [0, 0.1) is 0 Å². The summed E-state index contributed by atoms with van der Waals surface area (Å²) in [4.78, 5) is 2.44. The van der Waals surface area contributed by atoms with Crippen molar-refractivity contribution in [1.82, 2.24) is 4.31 Å². The Kier molecular flexibility index (Phi) is 5.95. The lowest BCUT2D eigenvalue weighted by Crippen LogP contribution is -2.37. The van der Waals surface area contributed by atoms with Crippen molar-refractivity contribution in [2.75, 3.05) is 32.1 Å². The number of anilines is 1. The van der Waals surface area contributed by atoms with E-state index in [2.05, 4.69) is 0 Å². The van der Waals surface area contributed by atoms with Gasteiger partial charge in [0, 0.05) is 39.5 Å². The summed E-state index contributed by atoms with van der Waals surface area (Å²) in [6.07, 6.45) is 5.01. The number of aryl methyl sites for hydroxylation is 2. The van der Waals surface area contributed by atoms with Gasteiger partial charge in [0.15, 0.2) is 0 Å². The van der Waals surface area contributed by atoms with Gasteiger partial charge in [0.05, 0.1) is 11.0 Å². The van der Waals surface area contributed by atoms with E-state index >= 15 is 0 Å². The molecular formula is C23H30N2O3S. The number of ether oxygens (including phenoxy) is 1. The van der Waals surface area contributed by atoms with Gasteiger partial charge >= 0.3 is 0 Å². The van der Waals surface area contributed by atoms with Gasteiger partial charge in [-0.3, -0.25) is 0 Å². The normalized spacial score (nSPS) is 18.9. The quantitative estimate of drug-likeness (QED) is 0.695. The minimum atomic E-state index is -3.59. The van der Waals surface area contributed by atoms with Crippen molar-refractivity contribution in [2.24, 2.45) is 0 Å². The van der Waals surface area contributed by atoms with Gasteiger partial charge in [0.2, 0.25) is 10.0 Å². The highest BCUT2D eigenvalue weighted by atomic mass is 32.2. The van der Waals surface area contributed by atoms with Gasteiger partial charge < -0.3 is 9.64 Å². The van der Waals surface area contributed by atoms with Crippen LogP contribution in [0.2, 0.25) is 0 Å². The van der Waals surface area contributed by atoms with Gasteiger partial charge in [-0.1, -0.05) is 18.2 Å². The molecule has 0 N–H and O–H groups in total. The first-order chi connectivity index (χ1) is 13.9. The molecule has 1 fully saturated rings. The van der Waals surface area contributed by atoms with E-state index in [1.54, 1.807) is 10.4 Å². The van der Waals surface area contributed by atoms with Crippen molar-refractivity contribution in [3.63, 3.8) is 0 Å². The summed E-state index contributed by atoms with van der Waals surface area (Å²) in [5.41, 5.74) is 4.55. The SMILES string of the molecule is CN(C)c1ccc(CN(CC2CCCO2)S(=O)(=O)c2ccc3c(c2)CCC3)cc1. The Labute approximate surface area is 174 Å². The van der Waals surface area contributed by atoms with Crippen LogP contribution in [-0.4, -0.2) is 46.1 Å². The highest BCUT2D eigenvalue weighted by Gasteiger charge is 2.30. The Balaban J connectivity index is 1.61. The third-order valence-corrected chi connectivity index (χ3v) is 7.76. The molecule has 2 aromatic carbocycles. The molecular weight excluding hydrogens is 384 g/mol. The molecule has 2 aliphatic rings. The van der Waals surface area contributed by atoms with Crippen LogP contribution >= 0.6 is 0 Å². The standard InChI is InChI=1S/C23H30N2O3S/c1-24(2)21-11-8-18(9-12-21)16-25(17-22-7-4-14-28-22)29(26,27)23-13-10-19-5-3-6-20(19)15-23/h8-13,15,22H,3-7,14,16-17H2,1-2H3. The number of hydrogen-bond acceptors (Lipinski definition) is 4. The average molecular weight is 415 g/mol. The first-order valence-corrected chi connectivity index (χ1v) is 11.9. The summed E-state index contributed by atoms with van der Waals surface area (Å²) in [5.74, 6) is 0. The van der Waals surface area contributed by atoms with Crippen molar-refractivity contribution in [3.8, 4) is 0 Å². The zero-order chi connectivity index (χ0) is 20.4. The maximum Gasteiger partial charge on any atom is 0.243 e. The second-order valence-corrected chi connectivity index (χ2v) is 10.2. The van der Waals surface area contributed by atoms with Crippen molar-refractivity contribution in [2.45, 2.75) is 49.6 Å². The van der Waals surface area contributed by atoms with E-state index in [9.17, 15) is 8.42 Å². The van der Waals surface area contributed by atoms with Crippen LogP contribution in [0.1, 0.15) is 36.0 Å². The highest BCUT2D eigenvalue weighted by Crippen LogP contribution is 2.28. The molecule has 1 unspecified atom stereocenters. The third kappa shape index (κ3) is 4.49. The smallest absolute Gasteiger partial charge is 0.243 e. The molecule has 1 saturated heterocycles. The predicted octanol–water partition coefficient (Wildman–Crippen LogP) is 3.61. The second kappa shape index (κ2) is 8.46. The lowest BCUT2D eigenvalue weighted by atomic mass is 10.1. The van der Waals surface area contributed by atoms with E-state index in [-0.39, 0.29) is 6.10 Å². The summed E-state index contributed by atoms with van der Waals surface area (Å²) < 4.78 is 34.5. The molecule has 0 saturated carbocycles. The Hall–Kier alpha value is -1.89. The molecule has 0 amide bonds. The molecule has 1 aliphatic carbocycles. The van der Waals surface area contributed by atoms with E-state index in [4.69, 9.17) is 4.74 Å². The van der Waals surface area contributed by atoms with E-state index < -0.39 is 10.0 Å². The van der Waals surface area contributed by atoms with Crippen LogP contribution < -0.4 is 4.90 Å². The number of nitrogens with zero attached hydrogens (tertiary/aromatic N) is 2. The fourth-order valence-corrected chi connectivity index (χ4v) is 5.73. The van der Waals surface area contributed by atoms with Crippen LogP contribution in [0.3, 0.4) is 0 Å². The molecule has 1 aliphatic heterocycles. The van der Waals surface area contributed by atoms with Gasteiger partial charge in [-0.2, -0.15) is 4.31 Å². The Morgan fingerprint density at radius 1 is 1.00 bits per heavy atom. The largest absolute Gasteiger partial charge is 0.378 e. The molecule has 0 radical (unpaired) electrons. The third-order valence-electron chi connectivity index (χ3n) is 5.95. The van der Waals surface area contributed by atoms with Gasteiger partial charge in [0.25, 0.3) is 0 Å². The zero-order valence-electron chi connectivity index (χ0n) is 17.3. The number of benzene rings is 2. The van der Waals surface area contributed by atoms with Crippen LogP contribution in [0.5, 0.6) is 0 Å². The Morgan fingerprint density at radius 3 is 2.45 bits per heavy atom. The average Bonchev–Trinajstić information content (AvgIpc) is 3.39. The van der Waals surface area contributed by atoms with Crippen molar-refractivity contribution in [3.05, 3.63) is 59.2 Å². The maximum atomic E-state index is 13.6. The first kappa shape index (κ1) is 20.4. The molecule has 0 spiro atoms. The van der Waals surface area contributed by atoms with E-state index in [0.717, 1.165) is 50.0 Å². The van der Waals surface area contributed by atoms with E-state index in [1.807, 2.05) is 55.4 Å². The summed E-state index contributed by atoms with van der Waals surface area (Å²) >= 11 is 0. The number of sulfonamides is 1. The van der Waals surface area contributed by atoms with Gasteiger partial charge in [-0.15, -0.1) is 0 Å². The molecule has 2 aromatic rings. The van der Waals surface area contributed by atoms with Crippen molar-refractivity contribution < 1.29 is 13.2 Å². The monoisotopic (exact) mass is 414 g/mol. The molecule has 6 heteroatoms. The topological polar surface area (TPSA) is 49.9 Å². The van der Waals surface area contributed by atoms with Crippen LogP contribution in [-0.2, 0) is 34.1 Å². The fraction of sp³-hybridized carbons (Fsp3) is 0.478. The lowest BCUT2D eigenvalue weighted by molar-refractivity contribution is 0.0926. The minimum absolute atomic E-state index is 0.0275. The number of rotatable bonds is 7. The number of hydrogen-bond donors (Lipinski definition) is 0. The molecule has 0 bridgehead atoms. The summed E-state index contributed by atoms with van der Waals surface area (Å²) in [6, 6.07) is 13.7. The molecule has 0 aromatic heterocycles. The lowest BCUT2D eigenvalue weighted by Gasteiger charge is -2.25. The second-order valence-electron chi connectivity index (χ2n) is 8.28. The molecule has 5 nitrogen and oxygen atoms in total. The zero-order valence-corrected chi connectivity index (χ0v) is 18.1.